The first-order chi connectivity index (χ1) is 9.13. The molecular weight excluding hydrogens is 238 g/mol. The number of amides is 1. The molecule has 1 amide bonds. The van der Waals surface area contributed by atoms with Gasteiger partial charge < -0.3 is 10.2 Å². The van der Waals surface area contributed by atoms with Gasteiger partial charge in [-0.05, 0) is 31.4 Å². The van der Waals surface area contributed by atoms with Gasteiger partial charge in [0.2, 0.25) is 0 Å². The predicted octanol–water partition coefficient (Wildman–Crippen LogP) is 1.68. The molecule has 4 heteroatoms. The van der Waals surface area contributed by atoms with Crippen LogP contribution >= 0.6 is 0 Å². The second-order valence-electron chi connectivity index (χ2n) is 4.99. The maximum Gasteiger partial charge on any atom is 0.253 e. The number of aromatic nitrogens is 1. The lowest BCUT2D eigenvalue weighted by atomic mass is 10.1. The normalized spacial score (nSPS) is 22.1. The van der Waals surface area contributed by atoms with Gasteiger partial charge in [-0.1, -0.05) is 12.8 Å². The highest BCUT2D eigenvalue weighted by molar-refractivity contribution is 5.94. The molecule has 0 saturated carbocycles. The third-order valence-electron chi connectivity index (χ3n) is 3.80. The van der Waals surface area contributed by atoms with E-state index < -0.39 is 0 Å². The highest BCUT2D eigenvalue weighted by Gasteiger charge is 2.28. The van der Waals surface area contributed by atoms with E-state index in [1.165, 1.54) is 6.42 Å². The summed E-state index contributed by atoms with van der Waals surface area (Å²) in [6.07, 6.45) is 7.90. The van der Waals surface area contributed by atoms with Gasteiger partial charge >= 0.3 is 0 Å². The minimum Gasteiger partial charge on any atom is -0.354 e. The number of nitrogens with zero attached hydrogens (tertiary/aromatic N) is 2. The summed E-state index contributed by atoms with van der Waals surface area (Å²) in [5, 5.41) is 2.62. The lowest BCUT2D eigenvalue weighted by Crippen LogP contribution is -2.30. The molecule has 1 N–H and O–H groups in total. The monoisotopic (exact) mass is 257 g/mol. The van der Waals surface area contributed by atoms with Crippen LogP contribution in [0, 0.1) is 18.3 Å². The summed E-state index contributed by atoms with van der Waals surface area (Å²) in [5.74, 6) is 3.81. The molecule has 4 nitrogen and oxygen atoms in total. The van der Waals surface area contributed by atoms with Gasteiger partial charge in [-0.3, -0.25) is 4.79 Å². The number of carbonyl (C=O) groups is 1. The number of nitrogens with one attached hydrogen (secondary N) is 1. The van der Waals surface area contributed by atoms with E-state index in [4.69, 9.17) is 6.42 Å². The Morgan fingerprint density at radius 1 is 1.58 bits per heavy atom. The molecule has 1 saturated heterocycles. The quantitative estimate of drug-likeness (QED) is 0.838. The zero-order valence-corrected chi connectivity index (χ0v) is 11.4. The Bertz CT molecular complexity index is 489. The predicted molar refractivity (Wildman–Crippen MR) is 76.0 cm³/mol. The van der Waals surface area contributed by atoms with Crippen LogP contribution in [-0.2, 0) is 0 Å². The summed E-state index contributed by atoms with van der Waals surface area (Å²) in [7, 11) is 0. The molecule has 0 radical (unpaired) electrons. The number of carbonyl (C=O) groups excluding carboxylic acids is 1. The average Bonchev–Trinajstić information content (AvgIpc) is 2.76. The first-order valence-corrected chi connectivity index (χ1v) is 6.58. The summed E-state index contributed by atoms with van der Waals surface area (Å²) in [6, 6.07) is 4.19. The van der Waals surface area contributed by atoms with Gasteiger partial charge in [0, 0.05) is 18.8 Å². The molecule has 2 rings (SSSR count). The van der Waals surface area contributed by atoms with Crippen LogP contribution in [0.25, 0.3) is 0 Å². The van der Waals surface area contributed by atoms with Crippen LogP contribution in [-0.4, -0.2) is 30.0 Å². The molecule has 1 fully saturated rings. The average molecular weight is 257 g/mol. The van der Waals surface area contributed by atoms with Crippen LogP contribution in [0.1, 0.15) is 30.6 Å². The third kappa shape index (κ3) is 2.87. The van der Waals surface area contributed by atoms with Crippen LogP contribution in [0.15, 0.2) is 18.3 Å². The number of rotatable bonds is 3. The maximum atomic E-state index is 11.7. The highest BCUT2D eigenvalue weighted by Crippen LogP contribution is 2.27. The lowest BCUT2D eigenvalue weighted by Gasteiger charge is -2.24. The molecule has 1 aliphatic heterocycles. The van der Waals surface area contributed by atoms with Crippen molar-refractivity contribution in [1.82, 2.24) is 10.3 Å². The van der Waals surface area contributed by atoms with Gasteiger partial charge in [0.15, 0.2) is 0 Å². The van der Waals surface area contributed by atoms with E-state index in [9.17, 15) is 4.79 Å². The Morgan fingerprint density at radius 3 is 2.89 bits per heavy atom. The first-order valence-electron chi connectivity index (χ1n) is 6.58. The molecule has 0 spiro atoms. The van der Waals surface area contributed by atoms with E-state index >= 15 is 0 Å². The minimum absolute atomic E-state index is 0.181. The first kappa shape index (κ1) is 13.4. The number of hydrogen-bond donors (Lipinski definition) is 1. The van der Waals surface area contributed by atoms with Gasteiger partial charge in [-0.2, -0.15) is 0 Å². The second kappa shape index (κ2) is 5.75. The van der Waals surface area contributed by atoms with Crippen molar-refractivity contribution in [3.8, 4) is 12.3 Å². The number of terminal acetylenes is 1. The molecule has 100 valence electrons. The van der Waals surface area contributed by atoms with Crippen molar-refractivity contribution in [2.75, 3.05) is 18.0 Å². The van der Waals surface area contributed by atoms with Crippen molar-refractivity contribution in [1.29, 1.82) is 0 Å². The fraction of sp³-hybridized carbons (Fsp3) is 0.467. The third-order valence-corrected chi connectivity index (χ3v) is 3.80. The smallest absolute Gasteiger partial charge is 0.253 e. The highest BCUT2D eigenvalue weighted by atomic mass is 16.1. The standard InChI is InChI=1S/C15H19N3O/c1-4-8-16-15(19)13-5-6-14(17-10-13)18-9-7-11(2)12(18)3/h1,5-6,10-12H,7-9H2,2-3H3,(H,16,19). The molecule has 2 heterocycles. The van der Waals surface area contributed by atoms with Gasteiger partial charge in [-0.15, -0.1) is 6.42 Å². The van der Waals surface area contributed by atoms with E-state index in [0.717, 1.165) is 12.4 Å². The Hall–Kier alpha value is -2.02. The molecule has 19 heavy (non-hydrogen) atoms. The fourth-order valence-electron chi connectivity index (χ4n) is 2.34. The van der Waals surface area contributed by atoms with Crippen molar-refractivity contribution >= 4 is 11.7 Å². The molecule has 0 aliphatic carbocycles. The maximum absolute atomic E-state index is 11.7. The topological polar surface area (TPSA) is 45.2 Å². The molecular formula is C15H19N3O. The zero-order valence-electron chi connectivity index (χ0n) is 11.4. The van der Waals surface area contributed by atoms with Gasteiger partial charge in [0.25, 0.3) is 5.91 Å². The largest absolute Gasteiger partial charge is 0.354 e. The number of hydrogen-bond acceptors (Lipinski definition) is 3. The van der Waals surface area contributed by atoms with E-state index in [1.807, 2.05) is 6.07 Å². The molecule has 2 unspecified atom stereocenters. The second-order valence-corrected chi connectivity index (χ2v) is 4.99. The van der Waals surface area contributed by atoms with Crippen LogP contribution < -0.4 is 10.2 Å². The van der Waals surface area contributed by atoms with E-state index in [2.05, 4.69) is 35.0 Å². The zero-order chi connectivity index (χ0) is 13.8. The number of pyridine rings is 1. The van der Waals surface area contributed by atoms with Gasteiger partial charge in [0.1, 0.15) is 5.82 Å². The van der Waals surface area contributed by atoms with Crippen molar-refractivity contribution in [2.24, 2.45) is 5.92 Å². The summed E-state index contributed by atoms with van der Waals surface area (Å²) in [6.45, 7) is 5.73. The van der Waals surface area contributed by atoms with Crippen LogP contribution in [0.2, 0.25) is 0 Å². The van der Waals surface area contributed by atoms with Crippen LogP contribution in [0.3, 0.4) is 0 Å². The van der Waals surface area contributed by atoms with Gasteiger partial charge in [-0.25, -0.2) is 4.98 Å². The van der Waals surface area contributed by atoms with Crippen LogP contribution in [0.5, 0.6) is 0 Å². The molecule has 1 aromatic heterocycles. The van der Waals surface area contributed by atoms with Crippen molar-refractivity contribution < 1.29 is 4.79 Å². The van der Waals surface area contributed by atoms with Crippen LogP contribution in [0.4, 0.5) is 5.82 Å². The van der Waals surface area contributed by atoms with E-state index in [0.29, 0.717) is 17.5 Å². The summed E-state index contributed by atoms with van der Waals surface area (Å²) >= 11 is 0. The Labute approximate surface area is 114 Å². The summed E-state index contributed by atoms with van der Waals surface area (Å²) in [4.78, 5) is 18.4. The molecule has 0 bridgehead atoms. The molecule has 2 atom stereocenters. The van der Waals surface area contributed by atoms with E-state index in [-0.39, 0.29) is 12.5 Å². The van der Waals surface area contributed by atoms with Crippen molar-refractivity contribution in [2.45, 2.75) is 26.3 Å². The molecule has 1 aromatic rings. The Kier molecular flexibility index (Phi) is 4.06. The SMILES string of the molecule is C#CCNC(=O)c1ccc(N2CCC(C)C2C)nc1. The lowest BCUT2D eigenvalue weighted by molar-refractivity contribution is 0.0958. The Balaban J connectivity index is 2.07. The van der Waals surface area contributed by atoms with E-state index in [1.54, 1.807) is 12.3 Å². The fourth-order valence-corrected chi connectivity index (χ4v) is 2.34. The number of anilines is 1. The minimum atomic E-state index is -0.181. The van der Waals surface area contributed by atoms with Crippen molar-refractivity contribution in [3.63, 3.8) is 0 Å². The summed E-state index contributed by atoms with van der Waals surface area (Å²) < 4.78 is 0. The molecule has 0 aromatic carbocycles. The summed E-state index contributed by atoms with van der Waals surface area (Å²) in [5.41, 5.74) is 0.541. The Morgan fingerprint density at radius 2 is 2.37 bits per heavy atom. The van der Waals surface area contributed by atoms with Gasteiger partial charge in [0.05, 0.1) is 12.1 Å². The van der Waals surface area contributed by atoms with Crippen molar-refractivity contribution in [3.05, 3.63) is 23.9 Å². The molecule has 1 aliphatic rings.